The van der Waals surface area contributed by atoms with Gasteiger partial charge in [0.25, 0.3) is 0 Å². The van der Waals surface area contributed by atoms with Crippen molar-refractivity contribution in [1.82, 2.24) is 15.0 Å². The Kier molecular flexibility index (Phi) is 5.11. The summed E-state index contributed by atoms with van der Waals surface area (Å²) in [5.41, 5.74) is 9.99. The summed E-state index contributed by atoms with van der Waals surface area (Å²) in [7, 11) is -3.37. The van der Waals surface area contributed by atoms with Gasteiger partial charge in [-0.05, 0) is 35.9 Å². The van der Waals surface area contributed by atoms with Gasteiger partial charge in [-0.15, -0.1) is 0 Å². The molecule has 4 aromatic rings. The number of hydrogen-bond donors (Lipinski definition) is 5. The van der Waals surface area contributed by atoms with E-state index in [1.807, 2.05) is 24.3 Å². The first-order valence-electron chi connectivity index (χ1n) is 9.06. The van der Waals surface area contributed by atoms with Crippen molar-refractivity contribution < 1.29 is 13.4 Å². The molecule has 0 saturated heterocycles. The smallest absolute Gasteiger partial charge is 0.307 e. The van der Waals surface area contributed by atoms with Crippen LogP contribution in [0, 0.1) is 0 Å². The number of sulfonamides is 1. The van der Waals surface area contributed by atoms with E-state index in [-0.39, 0.29) is 0 Å². The summed E-state index contributed by atoms with van der Waals surface area (Å²) in [6.07, 6.45) is 2.77. The summed E-state index contributed by atoms with van der Waals surface area (Å²) in [5, 5.41) is 6.41. The van der Waals surface area contributed by atoms with Crippen LogP contribution in [0.25, 0.3) is 11.2 Å². The van der Waals surface area contributed by atoms with Crippen molar-refractivity contribution in [3.8, 4) is 0 Å². The molecule has 0 unspecified atom stereocenters. The van der Waals surface area contributed by atoms with Gasteiger partial charge in [-0.25, -0.2) is 13.4 Å². The van der Waals surface area contributed by atoms with Gasteiger partial charge in [0.05, 0.1) is 11.9 Å². The molecule has 0 aliphatic carbocycles. The number of aromatic amines is 2. The third-order valence-corrected chi connectivity index (χ3v) is 4.77. The molecular weight excluding hydrogens is 404 g/mol. The second-order valence-electron chi connectivity index (χ2n) is 6.73. The van der Waals surface area contributed by atoms with Gasteiger partial charge in [0.15, 0.2) is 12.1 Å². The van der Waals surface area contributed by atoms with Crippen LogP contribution in [0.1, 0.15) is 5.56 Å². The van der Waals surface area contributed by atoms with Crippen molar-refractivity contribution >= 4 is 50.0 Å². The van der Waals surface area contributed by atoms with Crippen molar-refractivity contribution in [3.05, 3.63) is 60.4 Å². The lowest BCUT2D eigenvalue weighted by Gasteiger charge is -2.09. The predicted molar refractivity (Wildman–Crippen MR) is 117 cm³/mol. The lowest BCUT2D eigenvalue weighted by molar-refractivity contribution is -0.347. The van der Waals surface area contributed by atoms with E-state index in [1.165, 1.54) is 0 Å². The van der Waals surface area contributed by atoms with Gasteiger partial charge in [0.1, 0.15) is 0 Å². The minimum Gasteiger partial charge on any atom is -0.399 e. The zero-order chi connectivity index (χ0) is 21.1. The minimum atomic E-state index is -3.37. The highest BCUT2D eigenvalue weighted by atomic mass is 32.2. The first kappa shape index (κ1) is 19.5. The molecule has 0 bridgehead atoms. The highest BCUT2D eigenvalue weighted by Gasteiger charge is 2.16. The summed E-state index contributed by atoms with van der Waals surface area (Å²) in [6.45, 7) is 0.531. The standard InChI is InChI=1S/C19H20N8O2S/c1-30(28,29)27-15-7-3-6-14(9-15)24-19-25-17(16-18(26-19)23-11-22-16)21-10-12-4-2-5-13(20)8-12/h2-9,11,27H,10,20H2,1H3,(H3,21,22,23,24,25,26)/p+1. The first-order chi connectivity index (χ1) is 14.4. The van der Waals surface area contributed by atoms with Crippen molar-refractivity contribution in [2.45, 2.75) is 6.54 Å². The molecule has 30 heavy (non-hydrogen) atoms. The Morgan fingerprint density at radius 2 is 1.90 bits per heavy atom. The number of imidazole rings is 1. The van der Waals surface area contributed by atoms with E-state index >= 15 is 0 Å². The minimum absolute atomic E-state index is 0.352. The Bertz CT molecular complexity index is 1300. The van der Waals surface area contributed by atoms with Gasteiger partial charge in [-0.2, -0.15) is 4.98 Å². The van der Waals surface area contributed by atoms with Crippen LogP contribution in [0.3, 0.4) is 0 Å². The van der Waals surface area contributed by atoms with Gasteiger partial charge < -0.3 is 16.4 Å². The van der Waals surface area contributed by atoms with E-state index in [9.17, 15) is 8.42 Å². The molecule has 0 aliphatic heterocycles. The van der Waals surface area contributed by atoms with Gasteiger partial charge >= 0.3 is 11.6 Å². The lowest BCUT2D eigenvalue weighted by Crippen LogP contribution is -2.10. The van der Waals surface area contributed by atoms with E-state index in [0.29, 0.717) is 41.0 Å². The molecule has 11 heteroatoms. The fourth-order valence-corrected chi connectivity index (χ4v) is 3.51. The number of nitrogens with one attached hydrogen (secondary N) is 5. The van der Waals surface area contributed by atoms with E-state index in [2.05, 4.69) is 35.3 Å². The summed E-state index contributed by atoms with van der Waals surface area (Å²) in [6, 6.07) is 14.4. The average molecular weight is 425 g/mol. The van der Waals surface area contributed by atoms with E-state index < -0.39 is 10.0 Å². The molecule has 0 spiro atoms. The van der Waals surface area contributed by atoms with Crippen LogP contribution in [0.4, 0.5) is 28.8 Å². The first-order valence-corrected chi connectivity index (χ1v) is 10.9. The van der Waals surface area contributed by atoms with E-state index in [1.54, 1.807) is 30.6 Å². The Hall–Kier alpha value is -3.86. The van der Waals surface area contributed by atoms with Crippen LogP contribution in [0.5, 0.6) is 0 Å². The number of nitrogens with two attached hydrogens (primary N) is 1. The number of anilines is 5. The molecule has 154 valence electrons. The largest absolute Gasteiger partial charge is 0.399 e. The number of nitrogen functional groups attached to an aromatic ring is 1. The van der Waals surface area contributed by atoms with E-state index in [4.69, 9.17) is 5.73 Å². The second-order valence-corrected chi connectivity index (χ2v) is 8.48. The van der Waals surface area contributed by atoms with Crippen molar-refractivity contribution in [1.29, 1.82) is 0 Å². The summed E-state index contributed by atoms with van der Waals surface area (Å²) < 4.78 is 25.4. The molecule has 0 radical (unpaired) electrons. The number of benzene rings is 2. The van der Waals surface area contributed by atoms with Crippen LogP contribution < -0.4 is 26.1 Å². The Balaban J connectivity index is 1.59. The Morgan fingerprint density at radius 1 is 1.10 bits per heavy atom. The molecule has 0 aliphatic rings. The summed E-state index contributed by atoms with van der Waals surface area (Å²) >= 11 is 0. The molecule has 2 heterocycles. The molecule has 2 aromatic heterocycles. The molecule has 0 saturated carbocycles. The zero-order valence-corrected chi connectivity index (χ0v) is 16.9. The maximum Gasteiger partial charge on any atom is 0.307 e. The van der Waals surface area contributed by atoms with Crippen molar-refractivity contribution in [3.63, 3.8) is 0 Å². The number of hydrogen-bond acceptors (Lipinski definition) is 7. The van der Waals surface area contributed by atoms with Crippen LogP contribution in [0.15, 0.2) is 54.9 Å². The molecule has 0 atom stereocenters. The molecule has 0 fully saturated rings. The van der Waals surface area contributed by atoms with Crippen molar-refractivity contribution in [2.75, 3.05) is 27.3 Å². The fourth-order valence-electron chi connectivity index (χ4n) is 2.95. The zero-order valence-electron chi connectivity index (χ0n) is 16.1. The quantitative estimate of drug-likeness (QED) is 0.284. The predicted octanol–water partition coefficient (Wildman–Crippen LogP) is 2.08. The van der Waals surface area contributed by atoms with Gasteiger partial charge in [0.2, 0.25) is 15.5 Å². The third kappa shape index (κ3) is 4.75. The molecule has 7 N–H and O–H groups in total. The molecular formula is C19H21N8O2S+. The molecule has 10 nitrogen and oxygen atoms in total. The fraction of sp³-hybridized carbons (Fsp3) is 0.105. The SMILES string of the molecule is CS(=O)(=O)Nc1cccc(Nc2nc(NCc3cccc(N)c3)c3[nH]c[nH+]c3n2)c1. The Morgan fingerprint density at radius 3 is 2.70 bits per heavy atom. The highest BCUT2D eigenvalue weighted by molar-refractivity contribution is 7.92. The third-order valence-electron chi connectivity index (χ3n) is 4.17. The monoisotopic (exact) mass is 425 g/mol. The van der Waals surface area contributed by atoms with Crippen molar-refractivity contribution in [2.24, 2.45) is 0 Å². The van der Waals surface area contributed by atoms with E-state index in [0.717, 1.165) is 17.3 Å². The molecule has 4 rings (SSSR count). The van der Waals surface area contributed by atoms with Crippen LogP contribution in [-0.2, 0) is 16.6 Å². The second kappa shape index (κ2) is 7.87. The van der Waals surface area contributed by atoms with Gasteiger partial charge in [-0.3, -0.25) is 9.71 Å². The normalized spacial score (nSPS) is 11.4. The number of nitrogens with zero attached hydrogens (tertiary/aromatic N) is 2. The number of aromatic nitrogens is 4. The van der Waals surface area contributed by atoms with Crippen LogP contribution >= 0.6 is 0 Å². The number of rotatable bonds is 7. The topological polar surface area (TPSA) is 152 Å². The van der Waals surface area contributed by atoms with Gasteiger partial charge in [0, 0.05) is 17.9 Å². The summed E-state index contributed by atoms with van der Waals surface area (Å²) in [5.74, 6) is 0.960. The molecule has 2 aromatic carbocycles. The maximum absolute atomic E-state index is 11.5. The summed E-state index contributed by atoms with van der Waals surface area (Å²) in [4.78, 5) is 15.1. The molecule has 0 amide bonds. The average Bonchev–Trinajstić information content (AvgIpc) is 3.14. The lowest BCUT2D eigenvalue weighted by atomic mass is 10.2. The number of H-pyrrole nitrogens is 2. The number of fused-ring (bicyclic) bond motifs is 1. The Labute approximate surface area is 173 Å². The van der Waals surface area contributed by atoms with Gasteiger partial charge in [-0.1, -0.05) is 23.2 Å². The highest BCUT2D eigenvalue weighted by Crippen LogP contribution is 2.23. The maximum atomic E-state index is 11.5. The van der Waals surface area contributed by atoms with Crippen LogP contribution in [-0.4, -0.2) is 29.6 Å². The van der Waals surface area contributed by atoms with Crippen LogP contribution in [0.2, 0.25) is 0 Å².